The first-order valence-electron chi connectivity index (χ1n) is 9.70. The Morgan fingerprint density at radius 2 is 1.90 bits per heavy atom. The van der Waals surface area contributed by atoms with Crippen molar-refractivity contribution in [2.24, 2.45) is 0 Å². The molecule has 6 heteroatoms. The van der Waals surface area contributed by atoms with Gasteiger partial charge in [0.1, 0.15) is 6.61 Å². The number of morpholine rings is 1. The lowest BCUT2D eigenvalue weighted by Gasteiger charge is -2.36. The second-order valence-corrected chi connectivity index (χ2v) is 7.22. The molecule has 0 radical (unpaired) electrons. The zero-order chi connectivity index (χ0) is 20.1. The first kappa shape index (κ1) is 19.1. The van der Waals surface area contributed by atoms with Crippen LogP contribution in [0.25, 0.3) is 0 Å². The molecule has 1 amide bonds. The van der Waals surface area contributed by atoms with Gasteiger partial charge in [-0.15, -0.1) is 0 Å². The minimum atomic E-state index is -0.192. The van der Waals surface area contributed by atoms with Gasteiger partial charge in [0.15, 0.2) is 0 Å². The highest BCUT2D eigenvalue weighted by Gasteiger charge is 2.31. The molecule has 0 bridgehead atoms. The van der Waals surface area contributed by atoms with E-state index < -0.39 is 0 Å². The van der Waals surface area contributed by atoms with Crippen molar-refractivity contribution >= 4 is 11.6 Å². The number of carbonyl (C=O) groups excluding carboxylic acids is 1. The van der Waals surface area contributed by atoms with Crippen LogP contribution < -0.4 is 5.32 Å². The van der Waals surface area contributed by atoms with Crippen LogP contribution >= 0.6 is 0 Å². The average molecular weight is 388 g/mol. The van der Waals surface area contributed by atoms with Crippen LogP contribution in [0.4, 0.5) is 5.69 Å². The molecule has 1 fully saturated rings. The topological polar surface area (TPSA) is 67.4 Å². The molecule has 0 aliphatic carbocycles. The summed E-state index contributed by atoms with van der Waals surface area (Å²) in [5, 5.41) is 3.46. The lowest BCUT2D eigenvalue weighted by molar-refractivity contribution is -0.149. The number of benzene rings is 1. The molecule has 0 spiro atoms. The zero-order valence-electron chi connectivity index (χ0n) is 16.4. The molecule has 3 aromatic rings. The molecule has 1 saturated heterocycles. The van der Waals surface area contributed by atoms with E-state index in [9.17, 15) is 4.79 Å². The van der Waals surface area contributed by atoms with Crippen LogP contribution in [0.5, 0.6) is 0 Å². The Labute approximate surface area is 170 Å². The Balaban J connectivity index is 1.57. The van der Waals surface area contributed by atoms with Crippen molar-refractivity contribution in [2.75, 3.05) is 18.5 Å². The van der Waals surface area contributed by atoms with E-state index in [1.165, 1.54) is 5.56 Å². The first-order chi connectivity index (χ1) is 14.2. The third kappa shape index (κ3) is 4.60. The Morgan fingerprint density at radius 1 is 1.07 bits per heavy atom. The third-order valence-corrected chi connectivity index (χ3v) is 5.09. The summed E-state index contributed by atoms with van der Waals surface area (Å²) >= 11 is 0. The maximum atomic E-state index is 12.7. The van der Waals surface area contributed by atoms with Crippen LogP contribution in [0, 0.1) is 6.92 Å². The zero-order valence-corrected chi connectivity index (χ0v) is 16.4. The van der Waals surface area contributed by atoms with Crippen molar-refractivity contribution in [2.45, 2.75) is 26.1 Å². The van der Waals surface area contributed by atoms with Crippen molar-refractivity contribution in [3.8, 4) is 0 Å². The number of aromatic nitrogens is 2. The predicted molar refractivity (Wildman–Crippen MR) is 111 cm³/mol. The van der Waals surface area contributed by atoms with Crippen molar-refractivity contribution in [1.29, 1.82) is 0 Å². The summed E-state index contributed by atoms with van der Waals surface area (Å²) < 4.78 is 5.60. The third-order valence-electron chi connectivity index (χ3n) is 5.09. The number of hydrogen-bond donors (Lipinski definition) is 1. The number of nitrogens with one attached hydrogen (secondary N) is 1. The van der Waals surface area contributed by atoms with E-state index in [0.29, 0.717) is 19.7 Å². The van der Waals surface area contributed by atoms with Gasteiger partial charge in [-0.3, -0.25) is 14.8 Å². The van der Waals surface area contributed by atoms with Gasteiger partial charge in [0.2, 0.25) is 5.91 Å². The fraction of sp³-hybridized carbons (Fsp3) is 0.261. The summed E-state index contributed by atoms with van der Waals surface area (Å²) in [7, 11) is 0. The summed E-state index contributed by atoms with van der Waals surface area (Å²) in [6.07, 6.45) is 7.17. The van der Waals surface area contributed by atoms with Crippen LogP contribution in [-0.2, 0) is 22.6 Å². The number of anilines is 1. The fourth-order valence-electron chi connectivity index (χ4n) is 3.48. The van der Waals surface area contributed by atoms with E-state index in [1.807, 2.05) is 35.5 Å². The monoisotopic (exact) mass is 388 g/mol. The molecule has 6 nitrogen and oxygen atoms in total. The van der Waals surface area contributed by atoms with E-state index >= 15 is 0 Å². The van der Waals surface area contributed by atoms with E-state index in [2.05, 4.69) is 46.5 Å². The second-order valence-electron chi connectivity index (χ2n) is 7.22. The highest BCUT2D eigenvalue weighted by molar-refractivity contribution is 5.79. The van der Waals surface area contributed by atoms with Gasteiger partial charge in [0, 0.05) is 49.1 Å². The molecule has 1 aromatic carbocycles. The summed E-state index contributed by atoms with van der Waals surface area (Å²) in [5.41, 5.74) is 5.29. The second kappa shape index (κ2) is 8.84. The van der Waals surface area contributed by atoms with Crippen LogP contribution in [0.3, 0.4) is 0 Å². The molecule has 1 N–H and O–H groups in total. The summed E-state index contributed by atoms with van der Waals surface area (Å²) in [4.78, 5) is 23.0. The molecule has 1 unspecified atom stereocenters. The van der Waals surface area contributed by atoms with Gasteiger partial charge in [-0.25, -0.2) is 0 Å². The molecular weight excluding hydrogens is 364 g/mol. The number of amides is 1. The molecule has 148 valence electrons. The minimum absolute atomic E-state index is 0.0103. The van der Waals surface area contributed by atoms with Gasteiger partial charge in [0.25, 0.3) is 0 Å². The van der Waals surface area contributed by atoms with Crippen molar-refractivity contribution in [3.63, 3.8) is 0 Å². The molecule has 3 heterocycles. The standard InChI is InChI=1S/C23H24N4O2/c1-17-4-6-18(7-5-17)14-27-22(15-29-16-23(27)28)20-13-25-10-8-21(20)26-12-19-3-2-9-24-11-19/h2-11,13,22H,12,14-16H2,1H3,(H,25,26). The van der Waals surface area contributed by atoms with Crippen LogP contribution in [0.2, 0.25) is 0 Å². The Hall–Kier alpha value is -3.25. The van der Waals surface area contributed by atoms with Crippen LogP contribution in [0.15, 0.2) is 67.3 Å². The maximum absolute atomic E-state index is 12.7. The normalized spacial score (nSPS) is 16.7. The predicted octanol–water partition coefficient (Wildman–Crippen LogP) is 3.50. The number of aryl methyl sites for hydroxylation is 1. The number of ether oxygens (including phenoxy) is 1. The number of nitrogens with zero attached hydrogens (tertiary/aromatic N) is 3. The van der Waals surface area contributed by atoms with Gasteiger partial charge in [-0.1, -0.05) is 35.9 Å². The Bertz CT molecular complexity index is 960. The number of hydrogen-bond acceptors (Lipinski definition) is 5. The Kier molecular flexibility index (Phi) is 5.81. The van der Waals surface area contributed by atoms with Gasteiger partial charge in [-0.05, 0) is 30.2 Å². The first-order valence-corrected chi connectivity index (χ1v) is 9.70. The molecular formula is C23H24N4O2. The van der Waals surface area contributed by atoms with Crippen molar-refractivity contribution < 1.29 is 9.53 Å². The molecule has 1 atom stereocenters. The van der Waals surface area contributed by atoms with Gasteiger partial charge >= 0.3 is 0 Å². The molecule has 0 saturated carbocycles. The van der Waals surface area contributed by atoms with Gasteiger partial charge in [0.05, 0.1) is 12.6 Å². The maximum Gasteiger partial charge on any atom is 0.249 e. The van der Waals surface area contributed by atoms with Gasteiger partial charge in [-0.2, -0.15) is 0 Å². The van der Waals surface area contributed by atoms with E-state index in [0.717, 1.165) is 22.4 Å². The van der Waals surface area contributed by atoms with E-state index in [4.69, 9.17) is 4.74 Å². The molecule has 29 heavy (non-hydrogen) atoms. The van der Waals surface area contributed by atoms with Crippen LogP contribution in [0.1, 0.15) is 28.3 Å². The Morgan fingerprint density at radius 3 is 2.69 bits per heavy atom. The molecule has 1 aliphatic rings. The largest absolute Gasteiger partial charge is 0.381 e. The lowest BCUT2D eigenvalue weighted by Crippen LogP contribution is -2.43. The highest BCUT2D eigenvalue weighted by atomic mass is 16.5. The minimum Gasteiger partial charge on any atom is -0.381 e. The van der Waals surface area contributed by atoms with E-state index in [1.54, 1.807) is 12.4 Å². The van der Waals surface area contributed by atoms with Crippen molar-refractivity contribution in [1.82, 2.24) is 14.9 Å². The fourth-order valence-corrected chi connectivity index (χ4v) is 3.48. The SMILES string of the molecule is Cc1ccc(CN2C(=O)COCC2c2cnccc2NCc2cccnc2)cc1. The molecule has 1 aliphatic heterocycles. The number of carbonyl (C=O) groups is 1. The van der Waals surface area contributed by atoms with E-state index in [-0.39, 0.29) is 18.6 Å². The van der Waals surface area contributed by atoms with Crippen LogP contribution in [-0.4, -0.2) is 34.0 Å². The van der Waals surface area contributed by atoms with Gasteiger partial charge < -0.3 is 15.0 Å². The molecule has 2 aromatic heterocycles. The van der Waals surface area contributed by atoms with Crippen molar-refractivity contribution in [3.05, 3.63) is 89.5 Å². The summed E-state index contributed by atoms with van der Waals surface area (Å²) in [6, 6.07) is 14.0. The summed E-state index contributed by atoms with van der Waals surface area (Å²) in [5.74, 6) is -0.0103. The quantitative estimate of drug-likeness (QED) is 0.700. The number of pyridine rings is 2. The average Bonchev–Trinajstić information content (AvgIpc) is 2.76. The number of rotatable bonds is 6. The summed E-state index contributed by atoms with van der Waals surface area (Å²) in [6.45, 7) is 3.81. The smallest absolute Gasteiger partial charge is 0.249 e. The lowest BCUT2D eigenvalue weighted by atomic mass is 10.0. The molecule has 4 rings (SSSR count). The highest BCUT2D eigenvalue weighted by Crippen LogP contribution is 2.31.